The van der Waals surface area contributed by atoms with E-state index in [-0.39, 0.29) is 11.5 Å². The average Bonchev–Trinajstić information content (AvgIpc) is 2.83. The molecule has 0 saturated heterocycles. The summed E-state index contributed by atoms with van der Waals surface area (Å²) < 4.78 is 5.25. The third-order valence-corrected chi connectivity index (χ3v) is 3.36. The molecule has 0 fully saturated rings. The summed E-state index contributed by atoms with van der Waals surface area (Å²) in [5.41, 5.74) is 1.92. The normalized spacial score (nSPS) is 10.4. The Morgan fingerprint density at radius 2 is 2.10 bits per heavy atom. The third-order valence-electron chi connectivity index (χ3n) is 3.36. The molecule has 1 aromatic heterocycles. The highest BCUT2D eigenvalue weighted by Crippen LogP contribution is 2.27. The van der Waals surface area contributed by atoms with Crippen molar-refractivity contribution in [2.24, 2.45) is 0 Å². The van der Waals surface area contributed by atoms with Gasteiger partial charge in [-0.3, -0.25) is 14.9 Å². The van der Waals surface area contributed by atoms with E-state index in [1.165, 1.54) is 19.1 Å². The van der Waals surface area contributed by atoms with E-state index in [2.05, 4.69) is 0 Å². The Labute approximate surface area is 122 Å². The molecular formula is C15H16N2O4. The fourth-order valence-corrected chi connectivity index (χ4v) is 2.17. The Bertz CT molecular complexity index is 691. The van der Waals surface area contributed by atoms with Crippen molar-refractivity contribution in [1.82, 2.24) is 0 Å². The molecule has 0 aliphatic carbocycles. The van der Waals surface area contributed by atoms with Crippen molar-refractivity contribution in [3.8, 4) is 0 Å². The minimum absolute atomic E-state index is 0.0863. The van der Waals surface area contributed by atoms with Gasteiger partial charge in [-0.2, -0.15) is 0 Å². The van der Waals surface area contributed by atoms with Gasteiger partial charge in [0.2, 0.25) is 0 Å². The molecule has 6 heteroatoms. The number of non-ortho nitro benzene ring substituents is 1. The van der Waals surface area contributed by atoms with E-state index in [1.54, 1.807) is 12.3 Å². The summed E-state index contributed by atoms with van der Waals surface area (Å²) in [5, 5.41) is 10.8. The lowest BCUT2D eigenvalue weighted by atomic mass is 10.1. The van der Waals surface area contributed by atoms with Gasteiger partial charge in [-0.25, -0.2) is 0 Å². The van der Waals surface area contributed by atoms with Gasteiger partial charge < -0.3 is 9.32 Å². The Morgan fingerprint density at radius 3 is 2.62 bits per heavy atom. The third kappa shape index (κ3) is 3.10. The van der Waals surface area contributed by atoms with Gasteiger partial charge in [0.25, 0.3) is 5.69 Å². The van der Waals surface area contributed by atoms with Gasteiger partial charge in [0.1, 0.15) is 5.76 Å². The first-order chi connectivity index (χ1) is 9.90. The second-order valence-electron chi connectivity index (χ2n) is 4.87. The molecule has 0 atom stereocenters. The van der Waals surface area contributed by atoms with E-state index < -0.39 is 4.92 Å². The highest BCUT2D eigenvalue weighted by atomic mass is 16.6. The maximum Gasteiger partial charge on any atom is 0.270 e. The number of anilines is 1. The van der Waals surface area contributed by atoms with Crippen molar-refractivity contribution in [3.05, 3.63) is 57.5 Å². The number of benzene rings is 1. The number of aryl methyl sites for hydroxylation is 1. The average molecular weight is 288 g/mol. The van der Waals surface area contributed by atoms with Gasteiger partial charge in [0.05, 0.1) is 11.2 Å². The second-order valence-corrected chi connectivity index (χ2v) is 4.87. The van der Waals surface area contributed by atoms with E-state index in [0.717, 1.165) is 11.3 Å². The van der Waals surface area contributed by atoms with Gasteiger partial charge in [-0.1, -0.05) is 0 Å². The van der Waals surface area contributed by atoms with E-state index in [1.807, 2.05) is 24.9 Å². The first kappa shape index (κ1) is 14.8. The van der Waals surface area contributed by atoms with Crippen molar-refractivity contribution in [2.75, 3.05) is 11.9 Å². The summed E-state index contributed by atoms with van der Waals surface area (Å²) in [5.74, 6) is 0.609. The first-order valence-corrected chi connectivity index (χ1v) is 6.43. The number of hydrogen-bond donors (Lipinski definition) is 0. The van der Waals surface area contributed by atoms with Crippen LogP contribution in [-0.4, -0.2) is 17.8 Å². The predicted octanol–water partition coefficient (Wildman–Crippen LogP) is 3.34. The Morgan fingerprint density at radius 1 is 1.38 bits per heavy atom. The first-order valence-electron chi connectivity index (χ1n) is 6.43. The fourth-order valence-electron chi connectivity index (χ4n) is 2.17. The maximum absolute atomic E-state index is 11.7. The smallest absolute Gasteiger partial charge is 0.270 e. The van der Waals surface area contributed by atoms with Crippen LogP contribution in [-0.2, 0) is 6.54 Å². The summed E-state index contributed by atoms with van der Waals surface area (Å²) in [7, 11) is 1.83. The minimum Gasteiger partial charge on any atom is -0.469 e. The summed E-state index contributed by atoms with van der Waals surface area (Å²) >= 11 is 0. The molecule has 0 bridgehead atoms. The number of ketones is 1. The van der Waals surface area contributed by atoms with Crippen LogP contribution >= 0.6 is 0 Å². The molecule has 0 aliphatic rings. The quantitative estimate of drug-likeness (QED) is 0.479. The van der Waals surface area contributed by atoms with Crippen molar-refractivity contribution in [2.45, 2.75) is 20.4 Å². The number of carbonyl (C=O) groups excluding carboxylic acids is 1. The number of carbonyl (C=O) groups is 1. The largest absolute Gasteiger partial charge is 0.469 e. The van der Waals surface area contributed by atoms with Crippen molar-refractivity contribution < 1.29 is 14.1 Å². The van der Waals surface area contributed by atoms with Crippen LogP contribution in [0.5, 0.6) is 0 Å². The zero-order valence-electron chi connectivity index (χ0n) is 12.1. The van der Waals surface area contributed by atoms with Crippen LogP contribution in [0.1, 0.15) is 28.6 Å². The molecule has 0 unspecified atom stereocenters. The lowest BCUT2D eigenvalue weighted by Crippen LogP contribution is -2.19. The van der Waals surface area contributed by atoms with Crippen LogP contribution in [0.2, 0.25) is 0 Å². The molecule has 0 spiro atoms. The topological polar surface area (TPSA) is 76.6 Å². The molecule has 2 aromatic rings. The number of furan rings is 1. The van der Waals surface area contributed by atoms with Crippen LogP contribution in [0, 0.1) is 17.0 Å². The van der Waals surface area contributed by atoms with Gasteiger partial charge >= 0.3 is 0 Å². The zero-order valence-corrected chi connectivity index (χ0v) is 12.1. The molecule has 0 N–H and O–H groups in total. The van der Waals surface area contributed by atoms with Crippen LogP contribution in [0.4, 0.5) is 11.4 Å². The zero-order chi connectivity index (χ0) is 15.6. The monoisotopic (exact) mass is 288 g/mol. The number of nitro benzene ring substituents is 1. The molecule has 0 aliphatic heterocycles. The van der Waals surface area contributed by atoms with Crippen molar-refractivity contribution in [1.29, 1.82) is 0 Å². The molecule has 6 nitrogen and oxygen atoms in total. The number of Topliss-reactive ketones (excluding diaryl/α,β-unsaturated/α-hetero) is 1. The van der Waals surface area contributed by atoms with Crippen molar-refractivity contribution >= 4 is 17.2 Å². The molecule has 2 rings (SSSR count). The summed E-state index contributed by atoms with van der Waals surface area (Å²) in [6.07, 6.45) is 1.61. The van der Waals surface area contributed by atoms with E-state index in [4.69, 9.17) is 4.42 Å². The molecule has 0 radical (unpaired) electrons. The maximum atomic E-state index is 11.7. The van der Waals surface area contributed by atoms with Gasteiger partial charge in [-0.05, 0) is 26.0 Å². The standard InChI is InChI=1S/C15H16N2O4/c1-10(18)14-8-13(17(19)20)4-5-15(14)16(3)9-12-6-7-21-11(12)2/h4-8H,9H2,1-3H3. The Kier molecular flexibility index (Phi) is 4.07. The summed E-state index contributed by atoms with van der Waals surface area (Å²) in [6.45, 7) is 3.82. The van der Waals surface area contributed by atoms with Gasteiger partial charge in [-0.15, -0.1) is 0 Å². The molecular weight excluding hydrogens is 272 g/mol. The van der Waals surface area contributed by atoms with E-state index in [0.29, 0.717) is 17.8 Å². The summed E-state index contributed by atoms with van der Waals surface area (Å²) in [6, 6.07) is 6.19. The highest BCUT2D eigenvalue weighted by molar-refractivity contribution is 6.00. The van der Waals surface area contributed by atoms with Crippen LogP contribution in [0.15, 0.2) is 34.9 Å². The van der Waals surface area contributed by atoms with Gasteiger partial charge in [0.15, 0.2) is 5.78 Å². The Hall–Kier alpha value is -2.63. The molecule has 0 saturated carbocycles. The molecule has 1 aromatic carbocycles. The Balaban J connectivity index is 2.36. The number of hydrogen-bond acceptors (Lipinski definition) is 5. The molecule has 21 heavy (non-hydrogen) atoms. The molecule has 1 heterocycles. The van der Waals surface area contributed by atoms with Crippen LogP contribution in [0.25, 0.3) is 0 Å². The highest BCUT2D eigenvalue weighted by Gasteiger charge is 2.17. The lowest BCUT2D eigenvalue weighted by Gasteiger charge is -2.21. The fraction of sp³-hybridized carbons (Fsp3) is 0.267. The number of nitro groups is 1. The summed E-state index contributed by atoms with van der Waals surface area (Å²) in [4.78, 5) is 23.9. The van der Waals surface area contributed by atoms with Crippen LogP contribution < -0.4 is 4.90 Å². The molecule has 0 amide bonds. The van der Waals surface area contributed by atoms with Crippen molar-refractivity contribution in [3.63, 3.8) is 0 Å². The van der Waals surface area contributed by atoms with E-state index >= 15 is 0 Å². The van der Waals surface area contributed by atoms with Crippen LogP contribution in [0.3, 0.4) is 0 Å². The lowest BCUT2D eigenvalue weighted by molar-refractivity contribution is -0.384. The number of rotatable bonds is 5. The number of nitrogens with zero attached hydrogens (tertiary/aromatic N) is 2. The molecule has 110 valence electrons. The minimum atomic E-state index is -0.504. The predicted molar refractivity (Wildman–Crippen MR) is 78.7 cm³/mol. The SMILES string of the molecule is CC(=O)c1cc([N+](=O)[O-])ccc1N(C)Cc1ccoc1C. The van der Waals surface area contributed by atoms with Gasteiger partial charge in [0, 0.05) is 42.5 Å². The van der Waals surface area contributed by atoms with E-state index in [9.17, 15) is 14.9 Å². The second kappa shape index (κ2) is 5.78.